The highest BCUT2D eigenvalue weighted by atomic mass is 16.6. The van der Waals surface area contributed by atoms with Crippen LogP contribution in [0.2, 0.25) is 0 Å². The summed E-state index contributed by atoms with van der Waals surface area (Å²) in [5.74, 6) is 0.0430. The highest BCUT2D eigenvalue weighted by Crippen LogP contribution is 2.51. The van der Waals surface area contributed by atoms with Crippen molar-refractivity contribution in [3.63, 3.8) is 0 Å². The molecule has 6 heteroatoms. The largest absolute Gasteiger partial charge is 0.377 e. The van der Waals surface area contributed by atoms with Crippen molar-refractivity contribution < 1.29 is 9.72 Å². The molecule has 33 heavy (non-hydrogen) atoms. The van der Waals surface area contributed by atoms with E-state index in [-0.39, 0.29) is 34.4 Å². The Labute approximate surface area is 192 Å². The number of allylic oxidation sites excluding steroid dienone is 2. The van der Waals surface area contributed by atoms with E-state index in [1.54, 1.807) is 18.2 Å². The zero-order valence-corrected chi connectivity index (χ0v) is 18.5. The maximum atomic E-state index is 13.3. The Morgan fingerprint density at radius 3 is 2.61 bits per heavy atom. The van der Waals surface area contributed by atoms with Crippen molar-refractivity contribution in [1.29, 1.82) is 0 Å². The number of anilines is 2. The summed E-state index contributed by atoms with van der Waals surface area (Å²) in [5, 5.41) is 18.3. The molecule has 2 aliphatic rings. The molecule has 1 heterocycles. The number of rotatable bonds is 4. The smallest absolute Gasteiger partial charge is 0.274 e. The van der Waals surface area contributed by atoms with E-state index in [1.165, 1.54) is 0 Å². The maximum absolute atomic E-state index is 13.3. The van der Waals surface area contributed by atoms with Crippen LogP contribution < -0.4 is 10.6 Å². The van der Waals surface area contributed by atoms with Crippen LogP contribution in [0.5, 0.6) is 0 Å². The summed E-state index contributed by atoms with van der Waals surface area (Å²) < 4.78 is 0. The molecule has 3 aromatic carbocycles. The average Bonchev–Trinajstić information content (AvgIpc) is 3.31. The third-order valence-electron chi connectivity index (χ3n) is 6.87. The fourth-order valence-electron chi connectivity index (χ4n) is 5.05. The van der Waals surface area contributed by atoms with Crippen molar-refractivity contribution in [2.45, 2.75) is 32.2 Å². The van der Waals surface area contributed by atoms with Crippen molar-refractivity contribution in [3.8, 4) is 0 Å². The molecule has 3 atom stereocenters. The van der Waals surface area contributed by atoms with Crippen molar-refractivity contribution in [1.82, 2.24) is 0 Å². The molecule has 0 saturated carbocycles. The van der Waals surface area contributed by atoms with Crippen molar-refractivity contribution in [2.75, 3.05) is 10.6 Å². The fourth-order valence-corrected chi connectivity index (χ4v) is 5.05. The van der Waals surface area contributed by atoms with Gasteiger partial charge in [0.2, 0.25) is 0 Å². The van der Waals surface area contributed by atoms with Gasteiger partial charge in [-0.3, -0.25) is 14.9 Å². The highest BCUT2D eigenvalue weighted by molar-refractivity contribution is 6.08. The molecule has 2 N–H and O–H groups in total. The monoisotopic (exact) mass is 439 g/mol. The lowest BCUT2D eigenvalue weighted by atomic mass is 9.76. The van der Waals surface area contributed by atoms with Crippen LogP contribution in [0.4, 0.5) is 17.1 Å². The summed E-state index contributed by atoms with van der Waals surface area (Å²) >= 11 is 0. The first-order valence-electron chi connectivity index (χ1n) is 11.1. The number of amides is 1. The Kier molecular flexibility index (Phi) is 5.21. The highest BCUT2D eigenvalue weighted by Gasteiger charge is 2.41. The summed E-state index contributed by atoms with van der Waals surface area (Å²) in [5.41, 5.74) is 6.09. The van der Waals surface area contributed by atoms with Gasteiger partial charge in [0.05, 0.1) is 27.8 Å². The number of nitrogens with one attached hydrogen (secondary N) is 2. The van der Waals surface area contributed by atoms with Crippen LogP contribution in [0.15, 0.2) is 72.8 Å². The number of nitro benzene ring substituents is 1. The number of nitro groups is 1. The van der Waals surface area contributed by atoms with Crippen LogP contribution in [0.1, 0.15) is 51.0 Å². The Balaban J connectivity index is 1.55. The number of benzene rings is 3. The number of hydrogen-bond donors (Lipinski definition) is 2. The van der Waals surface area contributed by atoms with E-state index in [1.807, 2.05) is 56.3 Å². The Morgan fingerprint density at radius 2 is 1.82 bits per heavy atom. The zero-order valence-electron chi connectivity index (χ0n) is 18.5. The summed E-state index contributed by atoms with van der Waals surface area (Å²) in [6.45, 7) is 4.05. The normalized spacial score (nSPS) is 20.5. The van der Waals surface area contributed by atoms with Gasteiger partial charge in [-0.15, -0.1) is 0 Å². The van der Waals surface area contributed by atoms with E-state index in [0.717, 1.165) is 34.5 Å². The Bertz CT molecular complexity index is 1300. The van der Waals surface area contributed by atoms with Crippen LogP contribution >= 0.6 is 0 Å². The fraction of sp³-hybridized carbons (Fsp3) is 0.222. The van der Waals surface area contributed by atoms with Crippen LogP contribution in [0, 0.1) is 29.9 Å². The van der Waals surface area contributed by atoms with E-state index in [4.69, 9.17) is 0 Å². The van der Waals surface area contributed by atoms with E-state index in [9.17, 15) is 14.9 Å². The molecule has 6 nitrogen and oxygen atoms in total. The number of aryl methyl sites for hydroxylation is 2. The molecule has 0 fully saturated rings. The van der Waals surface area contributed by atoms with Gasteiger partial charge in [0.1, 0.15) is 0 Å². The van der Waals surface area contributed by atoms with Gasteiger partial charge in [-0.2, -0.15) is 0 Å². The molecule has 166 valence electrons. The van der Waals surface area contributed by atoms with Gasteiger partial charge >= 0.3 is 0 Å². The van der Waals surface area contributed by atoms with E-state index in [2.05, 4.69) is 22.8 Å². The van der Waals surface area contributed by atoms with Crippen LogP contribution in [-0.4, -0.2) is 10.8 Å². The van der Waals surface area contributed by atoms with Gasteiger partial charge in [-0.05, 0) is 61.1 Å². The minimum atomic E-state index is -0.331. The topological polar surface area (TPSA) is 84.3 Å². The Morgan fingerprint density at radius 1 is 1.03 bits per heavy atom. The molecule has 0 radical (unpaired) electrons. The molecular weight excluding hydrogens is 414 g/mol. The standard InChI is InChI=1S/C27H25N3O3/c1-16-13-14-18(15-17(16)2)28-27(31)23-11-6-10-21-19-8-5-9-20(19)25(29-26(21)23)22-7-3-4-12-24(22)30(32)33/h3-8,10-15,19-20,25,29H,9H2,1-2H3,(H,28,31). The second-order valence-corrected chi connectivity index (χ2v) is 8.81. The summed E-state index contributed by atoms with van der Waals surface area (Å²) in [4.78, 5) is 24.7. The SMILES string of the molecule is Cc1ccc(NC(=O)c2cccc3c2NC(c2ccccc2[N+](=O)[O-])C2CC=CC32)cc1C. The number of hydrogen-bond acceptors (Lipinski definition) is 4. The lowest BCUT2D eigenvalue weighted by Crippen LogP contribution is -2.31. The number of fused-ring (bicyclic) bond motifs is 3. The zero-order chi connectivity index (χ0) is 23.1. The second kappa shape index (κ2) is 8.20. The predicted molar refractivity (Wildman–Crippen MR) is 130 cm³/mol. The van der Waals surface area contributed by atoms with Gasteiger partial charge in [0, 0.05) is 17.7 Å². The molecule has 3 unspecified atom stereocenters. The molecule has 0 spiro atoms. The number of nitrogens with zero attached hydrogens (tertiary/aromatic N) is 1. The minimum Gasteiger partial charge on any atom is -0.377 e. The van der Waals surface area contributed by atoms with Crippen molar-refractivity contribution in [3.05, 3.63) is 111 Å². The van der Waals surface area contributed by atoms with E-state index >= 15 is 0 Å². The van der Waals surface area contributed by atoms with Crippen LogP contribution in [-0.2, 0) is 0 Å². The second-order valence-electron chi connectivity index (χ2n) is 8.81. The van der Waals surface area contributed by atoms with Gasteiger partial charge < -0.3 is 10.6 Å². The molecular formula is C27H25N3O3. The van der Waals surface area contributed by atoms with E-state index in [0.29, 0.717) is 11.1 Å². The lowest BCUT2D eigenvalue weighted by Gasteiger charge is -2.38. The summed E-state index contributed by atoms with van der Waals surface area (Å²) in [6.07, 6.45) is 5.12. The first-order chi connectivity index (χ1) is 15.9. The molecule has 0 bridgehead atoms. The van der Waals surface area contributed by atoms with Gasteiger partial charge in [-0.25, -0.2) is 0 Å². The van der Waals surface area contributed by atoms with Crippen molar-refractivity contribution >= 4 is 23.0 Å². The quantitative estimate of drug-likeness (QED) is 0.284. The van der Waals surface area contributed by atoms with E-state index < -0.39 is 0 Å². The molecule has 0 aromatic heterocycles. The molecule has 0 saturated heterocycles. The van der Waals surface area contributed by atoms with Crippen molar-refractivity contribution in [2.24, 2.45) is 5.92 Å². The number of carbonyl (C=O) groups is 1. The molecule has 1 aliphatic carbocycles. The Hall–Kier alpha value is -3.93. The minimum absolute atomic E-state index is 0.0976. The van der Waals surface area contributed by atoms with Crippen LogP contribution in [0.3, 0.4) is 0 Å². The molecule has 1 amide bonds. The number of carbonyl (C=O) groups excluding carboxylic acids is 1. The van der Waals surface area contributed by atoms with Gasteiger partial charge in [0.25, 0.3) is 11.6 Å². The number of para-hydroxylation sites is 2. The maximum Gasteiger partial charge on any atom is 0.274 e. The summed E-state index contributed by atoms with van der Waals surface area (Å²) in [6, 6.07) is 18.2. The first kappa shape index (κ1) is 20.9. The first-order valence-corrected chi connectivity index (χ1v) is 11.1. The third-order valence-corrected chi connectivity index (χ3v) is 6.87. The predicted octanol–water partition coefficient (Wildman–Crippen LogP) is 6.29. The average molecular weight is 440 g/mol. The molecule has 1 aliphatic heterocycles. The van der Waals surface area contributed by atoms with Gasteiger partial charge in [-0.1, -0.05) is 48.6 Å². The van der Waals surface area contributed by atoms with Gasteiger partial charge in [0.15, 0.2) is 0 Å². The lowest BCUT2D eigenvalue weighted by molar-refractivity contribution is -0.385. The molecule has 3 aromatic rings. The summed E-state index contributed by atoms with van der Waals surface area (Å²) in [7, 11) is 0. The molecule has 5 rings (SSSR count). The third kappa shape index (κ3) is 3.67. The van der Waals surface area contributed by atoms with Crippen LogP contribution in [0.25, 0.3) is 0 Å².